The lowest BCUT2D eigenvalue weighted by Gasteiger charge is -2.08. The Kier molecular flexibility index (Phi) is 4.48. The van der Waals surface area contributed by atoms with Gasteiger partial charge in [-0.05, 0) is 24.6 Å². The fourth-order valence-corrected chi connectivity index (χ4v) is 2.25. The predicted molar refractivity (Wildman–Crippen MR) is 66.5 cm³/mol. The van der Waals surface area contributed by atoms with Crippen LogP contribution in [0.3, 0.4) is 0 Å². The van der Waals surface area contributed by atoms with Gasteiger partial charge in [0, 0.05) is 5.56 Å². The summed E-state index contributed by atoms with van der Waals surface area (Å²) in [6.07, 6.45) is 5.02. The maximum absolute atomic E-state index is 11.6. The van der Waals surface area contributed by atoms with Crippen LogP contribution >= 0.6 is 0 Å². The molecular weight excluding hydrogens is 254 g/mol. The molecule has 0 radical (unpaired) electrons. The Labute approximate surface area is 106 Å². The molecule has 0 unspecified atom stereocenters. The Morgan fingerprint density at radius 3 is 2.72 bits per heavy atom. The van der Waals surface area contributed by atoms with Crippen molar-refractivity contribution in [3.63, 3.8) is 0 Å². The van der Waals surface area contributed by atoms with Gasteiger partial charge in [0.15, 0.2) is 0 Å². The van der Waals surface area contributed by atoms with Gasteiger partial charge in [-0.15, -0.1) is 6.42 Å². The minimum absolute atomic E-state index is 0.0293. The zero-order valence-electron chi connectivity index (χ0n) is 10.1. The molecule has 1 N–H and O–H groups in total. The van der Waals surface area contributed by atoms with E-state index in [4.69, 9.17) is 6.42 Å². The predicted octanol–water partition coefficient (Wildman–Crippen LogP) is 0.693. The van der Waals surface area contributed by atoms with Gasteiger partial charge in [-0.2, -0.15) is 8.42 Å². The third-order valence-electron chi connectivity index (χ3n) is 2.29. The first kappa shape index (κ1) is 14.2. The van der Waals surface area contributed by atoms with Gasteiger partial charge < -0.3 is 5.32 Å². The number of hydrogen-bond acceptors (Lipinski definition) is 4. The van der Waals surface area contributed by atoms with Crippen molar-refractivity contribution in [2.24, 2.45) is 0 Å². The molecule has 5 nitrogen and oxygen atoms in total. The molecule has 0 aliphatic heterocycles. The van der Waals surface area contributed by atoms with Crippen molar-refractivity contribution >= 4 is 16.0 Å². The third kappa shape index (κ3) is 3.09. The van der Waals surface area contributed by atoms with E-state index in [0.29, 0.717) is 5.56 Å². The summed E-state index contributed by atoms with van der Waals surface area (Å²) in [5.41, 5.74) is 0.719. The van der Waals surface area contributed by atoms with E-state index in [1.165, 1.54) is 18.2 Å². The van der Waals surface area contributed by atoms with Crippen molar-refractivity contribution in [1.82, 2.24) is 5.32 Å². The highest BCUT2D eigenvalue weighted by Gasteiger charge is 2.18. The van der Waals surface area contributed by atoms with Gasteiger partial charge in [0.25, 0.3) is 16.0 Å². The molecule has 0 aliphatic carbocycles. The van der Waals surface area contributed by atoms with Gasteiger partial charge in [0.1, 0.15) is 0 Å². The Balaban J connectivity index is 3.17. The number of rotatable bonds is 4. The van der Waals surface area contributed by atoms with E-state index in [1.807, 2.05) is 0 Å². The second-order valence-corrected chi connectivity index (χ2v) is 5.17. The van der Waals surface area contributed by atoms with Gasteiger partial charge in [-0.1, -0.05) is 12.0 Å². The van der Waals surface area contributed by atoms with Crippen molar-refractivity contribution in [2.45, 2.75) is 11.8 Å². The molecule has 0 aliphatic rings. The summed E-state index contributed by atoms with van der Waals surface area (Å²) in [6.45, 7) is 1.70. The second-order valence-electron chi connectivity index (χ2n) is 3.49. The number of amides is 1. The smallest absolute Gasteiger partial charge is 0.296 e. The molecule has 0 aromatic heterocycles. The van der Waals surface area contributed by atoms with Crippen LogP contribution < -0.4 is 5.32 Å². The summed E-state index contributed by atoms with van der Waals surface area (Å²) in [5.74, 6) is 1.83. The topological polar surface area (TPSA) is 72.5 Å². The molecule has 18 heavy (non-hydrogen) atoms. The molecule has 96 valence electrons. The molecule has 0 spiro atoms. The van der Waals surface area contributed by atoms with Crippen molar-refractivity contribution < 1.29 is 17.4 Å². The number of nitrogens with one attached hydrogen (secondary N) is 1. The summed E-state index contributed by atoms with van der Waals surface area (Å²) in [4.78, 5) is 11.6. The molecule has 1 aromatic carbocycles. The van der Waals surface area contributed by atoms with Crippen molar-refractivity contribution in [3.05, 3.63) is 29.3 Å². The number of carbonyl (C=O) groups excluding carboxylic acids is 1. The normalized spacial score (nSPS) is 10.7. The molecule has 0 atom stereocenters. The highest BCUT2D eigenvalue weighted by atomic mass is 32.2. The number of terminal acetylenes is 1. The van der Waals surface area contributed by atoms with Crippen molar-refractivity contribution in [2.75, 3.05) is 13.7 Å². The molecule has 0 saturated carbocycles. The third-order valence-corrected chi connectivity index (χ3v) is 3.71. The molecule has 1 aromatic rings. The largest absolute Gasteiger partial charge is 0.341 e. The van der Waals surface area contributed by atoms with E-state index in [9.17, 15) is 13.2 Å². The Bertz CT molecular complexity index is 599. The van der Waals surface area contributed by atoms with E-state index in [2.05, 4.69) is 15.4 Å². The summed E-state index contributed by atoms with van der Waals surface area (Å²) in [7, 11) is -2.76. The van der Waals surface area contributed by atoms with E-state index in [-0.39, 0.29) is 17.0 Å². The van der Waals surface area contributed by atoms with Gasteiger partial charge in [0.05, 0.1) is 18.6 Å². The molecule has 0 bridgehead atoms. The maximum Gasteiger partial charge on any atom is 0.296 e. The van der Waals surface area contributed by atoms with Crippen LogP contribution in [0.25, 0.3) is 0 Å². The second kappa shape index (κ2) is 5.67. The van der Waals surface area contributed by atoms with Gasteiger partial charge in [-0.3, -0.25) is 8.98 Å². The first-order valence-electron chi connectivity index (χ1n) is 5.05. The van der Waals surface area contributed by atoms with Crippen LogP contribution in [0, 0.1) is 19.3 Å². The molecule has 1 amide bonds. The molecule has 0 fully saturated rings. The minimum atomic E-state index is -3.83. The summed E-state index contributed by atoms with van der Waals surface area (Å²) < 4.78 is 27.7. The van der Waals surface area contributed by atoms with Crippen LogP contribution in [0.5, 0.6) is 0 Å². The number of carbonyl (C=O) groups is 1. The van der Waals surface area contributed by atoms with Crippen LogP contribution in [-0.4, -0.2) is 28.0 Å². The first-order chi connectivity index (χ1) is 8.42. The van der Waals surface area contributed by atoms with Crippen LogP contribution in [0.4, 0.5) is 0 Å². The van der Waals surface area contributed by atoms with E-state index < -0.39 is 16.0 Å². The monoisotopic (exact) mass is 267 g/mol. The summed E-state index contributed by atoms with van der Waals surface area (Å²) in [5, 5.41) is 2.45. The molecular formula is C12H13NO4S. The standard InChI is InChI=1S/C12H13NO4S/c1-4-7-13-12(14)10-6-5-9(2)11(8-10)18(15,16)17-3/h1,5-6,8H,7H2,2-3H3,(H,13,14). The van der Waals surface area contributed by atoms with E-state index >= 15 is 0 Å². The molecule has 0 heterocycles. The van der Waals surface area contributed by atoms with Crippen LogP contribution in [-0.2, 0) is 14.3 Å². The van der Waals surface area contributed by atoms with E-state index in [0.717, 1.165) is 7.11 Å². The highest BCUT2D eigenvalue weighted by Crippen LogP contribution is 2.18. The number of benzene rings is 1. The summed E-state index contributed by atoms with van der Waals surface area (Å²) >= 11 is 0. The number of aryl methyl sites for hydroxylation is 1. The lowest BCUT2D eigenvalue weighted by molar-refractivity contribution is 0.0958. The lowest BCUT2D eigenvalue weighted by atomic mass is 10.1. The Hall–Kier alpha value is -1.84. The molecule has 0 saturated heterocycles. The lowest BCUT2D eigenvalue weighted by Crippen LogP contribution is -2.23. The average Bonchev–Trinajstić information content (AvgIpc) is 2.36. The Morgan fingerprint density at radius 2 is 2.17 bits per heavy atom. The van der Waals surface area contributed by atoms with Crippen LogP contribution in [0.15, 0.2) is 23.1 Å². The first-order valence-corrected chi connectivity index (χ1v) is 6.46. The van der Waals surface area contributed by atoms with Crippen molar-refractivity contribution in [1.29, 1.82) is 0 Å². The van der Waals surface area contributed by atoms with Gasteiger partial charge >= 0.3 is 0 Å². The van der Waals surface area contributed by atoms with Crippen LogP contribution in [0.2, 0.25) is 0 Å². The summed E-state index contributed by atoms with van der Waals surface area (Å²) in [6, 6.07) is 4.33. The van der Waals surface area contributed by atoms with Crippen molar-refractivity contribution in [3.8, 4) is 12.3 Å². The maximum atomic E-state index is 11.6. The van der Waals surface area contributed by atoms with E-state index in [1.54, 1.807) is 6.92 Å². The average molecular weight is 267 g/mol. The molecule has 1 rings (SSSR count). The van der Waals surface area contributed by atoms with Crippen LogP contribution in [0.1, 0.15) is 15.9 Å². The minimum Gasteiger partial charge on any atom is -0.341 e. The fraction of sp³-hybridized carbons (Fsp3) is 0.250. The Morgan fingerprint density at radius 1 is 1.50 bits per heavy atom. The SMILES string of the molecule is C#CCNC(=O)c1ccc(C)c(S(=O)(=O)OC)c1. The van der Waals surface area contributed by atoms with Gasteiger partial charge in [-0.25, -0.2) is 0 Å². The quantitative estimate of drug-likeness (QED) is 0.643. The number of hydrogen-bond donors (Lipinski definition) is 1. The van der Waals surface area contributed by atoms with Gasteiger partial charge in [0.2, 0.25) is 0 Å². The molecule has 6 heteroatoms. The highest BCUT2D eigenvalue weighted by molar-refractivity contribution is 7.86. The fourth-order valence-electron chi connectivity index (χ4n) is 1.33. The zero-order valence-corrected chi connectivity index (χ0v) is 10.9. The zero-order chi connectivity index (χ0) is 13.8.